The highest BCUT2D eigenvalue weighted by Gasteiger charge is 2.08. The molecule has 3 heteroatoms. The van der Waals surface area contributed by atoms with Crippen LogP contribution in [-0.2, 0) is 0 Å². The second kappa shape index (κ2) is 5.14. The standard InChI is InChI=1S/C10H13BrN2/c1-2-3-6-9(12)8-5-4-7-13-10(8)11/h2,4-5,7,9H,1,3,6,12H2. The molecule has 0 saturated carbocycles. The van der Waals surface area contributed by atoms with Crippen LogP contribution in [0.5, 0.6) is 0 Å². The first-order valence-corrected chi connectivity index (χ1v) is 5.02. The molecule has 13 heavy (non-hydrogen) atoms. The fourth-order valence-corrected chi connectivity index (χ4v) is 1.67. The lowest BCUT2D eigenvalue weighted by Crippen LogP contribution is -2.10. The molecule has 0 saturated heterocycles. The van der Waals surface area contributed by atoms with E-state index in [2.05, 4.69) is 27.5 Å². The van der Waals surface area contributed by atoms with Crippen molar-refractivity contribution in [3.05, 3.63) is 41.2 Å². The van der Waals surface area contributed by atoms with Gasteiger partial charge in [-0.05, 0) is 34.8 Å². The molecule has 1 rings (SSSR count). The first kappa shape index (κ1) is 10.4. The SMILES string of the molecule is C=CCCC(N)c1cccnc1Br. The highest BCUT2D eigenvalue weighted by molar-refractivity contribution is 9.10. The Balaban J connectivity index is 2.70. The van der Waals surface area contributed by atoms with Crippen LogP contribution in [0.3, 0.4) is 0 Å². The van der Waals surface area contributed by atoms with Gasteiger partial charge in [-0.25, -0.2) is 4.98 Å². The van der Waals surface area contributed by atoms with Crippen LogP contribution in [0.1, 0.15) is 24.4 Å². The summed E-state index contributed by atoms with van der Waals surface area (Å²) in [7, 11) is 0. The molecule has 0 bridgehead atoms. The van der Waals surface area contributed by atoms with Crippen molar-refractivity contribution < 1.29 is 0 Å². The van der Waals surface area contributed by atoms with Gasteiger partial charge >= 0.3 is 0 Å². The summed E-state index contributed by atoms with van der Waals surface area (Å²) in [6.45, 7) is 3.67. The average molecular weight is 241 g/mol. The van der Waals surface area contributed by atoms with Crippen molar-refractivity contribution in [3.8, 4) is 0 Å². The van der Waals surface area contributed by atoms with Crippen LogP contribution in [0.15, 0.2) is 35.6 Å². The van der Waals surface area contributed by atoms with E-state index in [9.17, 15) is 0 Å². The Morgan fingerprint density at radius 3 is 3.08 bits per heavy atom. The van der Waals surface area contributed by atoms with Gasteiger partial charge in [-0.2, -0.15) is 0 Å². The second-order valence-corrected chi connectivity index (χ2v) is 3.61. The van der Waals surface area contributed by atoms with Crippen LogP contribution in [0.2, 0.25) is 0 Å². The molecule has 1 aromatic rings. The molecule has 0 amide bonds. The maximum absolute atomic E-state index is 5.96. The Kier molecular flexibility index (Phi) is 4.12. The number of nitrogens with zero attached hydrogens (tertiary/aromatic N) is 1. The van der Waals surface area contributed by atoms with Crippen LogP contribution < -0.4 is 5.73 Å². The highest BCUT2D eigenvalue weighted by Crippen LogP contribution is 2.22. The van der Waals surface area contributed by atoms with E-state index >= 15 is 0 Å². The minimum Gasteiger partial charge on any atom is -0.324 e. The van der Waals surface area contributed by atoms with Gasteiger partial charge in [-0.15, -0.1) is 6.58 Å². The third kappa shape index (κ3) is 2.94. The number of rotatable bonds is 4. The minimum absolute atomic E-state index is 0.0427. The highest BCUT2D eigenvalue weighted by atomic mass is 79.9. The fraction of sp³-hybridized carbons (Fsp3) is 0.300. The molecule has 1 heterocycles. The average Bonchev–Trinajstić information content (AvgIpc) is 2.15. The number of aromatic nitrogens is 1. The summed E-state index contributed by atoms with van der Waals surface area (Å²) in [5, 5.41) is 0. The summed E-state index contributed by atoms with van der Waals surface area (Å²) < 4.78 is 0.839. The number of nitrogens with two attached hydrogens (primary N) is 1. The van der Waals surface area contributed by atoms with E-state index in [4.69, 9.17) is 5.73 Å². The molecular weight excluding hydrogens is 228 g/mol. The van der Waals surface area contributed by atoms with Crippen molar-refractivity contribution in [1.82, 2.24) is 4.98 Å². The molecule has 0 aliphatic heterocycles. The largest absolute Gasteiger partial charge is 0.324 e. The van der Waals surface area contributed by atoms with Crippen molar-refractivity contribution in [3.63, 3.8) is 0 Å². The molecule has 1 atom stereocenters. The van der Waals surface area contributed by atoms with E-state index in [1.165, 1.54) is 0 Å². The summed E-state index contributed by atoms with van der Waals surface area (Å²) in [4.78, 5) is 4.12. The summed E-state index contributed by atoms with van der Waals surface area (Å²) in [5.74, 6) is 0. The molecule has 1 unspecified atom stereocenters. The number of allylic oxidation sites excluding steroid dienone is 1. The smallest absolute Gasteiger partial charge is 0.110 e. The number of halogens is 1. The lowest BCUT2D eigenvalue weighted by atomic mass is 10.1. The zero-order chi connectivity index (χ0) is 9.68. The summed E-state index contributed by atoms with van der Waals surface area (Å²) >= 11 is 3.37. The summed E-state index contributed by atoms with van der Waals surface area (Å²) in [5.41, 5.74) is 7.02. The molecule has 0 aliphatic carbocycles. The number of hydrogen-bond donors (Lipinski definition) is 1. The monoisotopic (exact) mass is 240 g/mol. The maximum atomic E-state index is 5.96. The van der Waals surface area contributed by atoms with Gasteiger partial charge in [0.25, 0.3) is 0 Å². The number of pyridine rings is 1. The van der Waals surface area contributed by atoms with Gasteiger partial charge in [0, 0.05) is 17.8 Å². The molecule has 70 valence electrons. The van der Waals surface area contributed by atoms with Gasteiger partial charge in [-0.1, -0.05) is 12.1 Å². The third-order valence-electron chi connectivity index (χ3n) is 1.87. The zero-order valence-electron chi connectivity index (χ0n) is 7.41. The normalized spacial score (nSPS) is 12.5. The van der Waals surface area contributed by atoms with E-state index in [0.717, 1.165) is 23.0 Å². The fourth-order valence-electron chi connectivity index (χ4n) is 1.13. The van der Waals surface area contributed by atoms with E-state index in [0.29, 0.717) is 0 Å². The van der Waals surface area contributed by atoms with Gasteiger partial charge in [-0.3, -0.25) is 0 Å². The first-order chi connectivity index (χ1) is 6.25. The molecule has 0 aromatic carbocycles. The Morgan fingerprint density at radius 2 is 2.46 bits per heavy atom. The van der Waals surface area contributed by atoms with Gasteiger partial charge in [0.2, 0.25) is 0 Å². The molecule has 2 nitrogen and oxygen atoms in total. The maximum Gasteiger partial charge on any atom is 0.110 e. The quantitative estimate of drug-likeness (QED) is 0.650. The summed E-state index contributed by atoms with van der Waals surface area (Å²) in [6.07, 6.45) is 5.47. The van der Waals surface area contributed by atoms with E-state index in [1.807, 2.05) is 18.2 Å². The lowest BCUT2D eigenvalue weighted by Gasteiger charge is -2.11. The van der Waals surface area contributed by atoms with Crippen molar-refractivity contribution in [2.75, 3.05) is 0 Å². The van der Waals surface area contributed by atoms with E-state index in [1.54, 1.807) is 6.20 Å². The zero-order valence-corrected chi connectivity index (χ0v) is 9.00. The molecule has 2 N–H and O–H groups in total. The van der Waals surface area contributed by atoms with Gasteiger partial charge in [0.1, 0.15) is 4.60 Å². The van der Waals surface area contributed by atoms with E-state index < -0.39 is 0 Å². The molecule has 0 spiro atoms. The van der Waals surface area contributed by atoms with Gasteiger partial charge in [0.05, 0.1) is 0 Å². The van der Waals surface area contributed by atoms with Crippen LogP contribution in [0, 0.1) is 0 Å². The second-order valence-electron chi connectivity index (χ2n) is 2.86. The predicted molar refractivity (Wildman–Crippen MR) is 58.3 cm³/mol. The topological polar surface area (TPSA) is 38.9 Å². The summed E-state index contributed by atoms with van der Waals surface area (Å²) in [6, 6.07) is 3.93. The molecule has 0 radical (unpaired) electrons. The Morgan fingerprint density at radius 1 is 1.69 bits per heavy atom. The van der Waals surface area contributed by atoms with Gasteiger partial charge < -0.3 is 5.73 Å². The van der Waals surface area contributed by atoms with Crippen molar-refractivity contribution in [1.29, 1.82) is 0 Å². The number of hydrogen-bond acceptors (Lipinski definition) is 2. The van der Waals surface area contributed by atoms with E-state index in [-0.39, 0.29) is 6.04 Å². The first-order valence-electron chi connectivity index (χ1n) is 4.22. The molecule has 1 aromatic heterocycles. The Labute approximate surface area is 87.0 Å². The minimum atomic E-state index is 0.0427. The van der Waals surface area contributed by atoms with Crippen LogP contribution in [0.4, 0.5) is 0 Å². The molecule has 0 aliphatic rings. The van der Waals surface area contributed by atoms with Crippen molar-refractivity contribution in [2.24, 2.45) is 5.73 Å². The van der Waals surface area contributed by atoms with Crippen LogP contribution in [0.25, 0.3) is 0 Å². The Hall–Kier alpha value is -0.670. The van der Waals surface area contributed by atoms with Gasteiger partial charge in [0.15, 0.2) is 0 Å². The molecular formula is C10H13BrN2. The van der Waals surface area contributed by atoms with Crippen LogP contribution in [-0.4, -0.2) is 4.98 Å². The third-order valence-corrected chi connectivity index (χ3v) is 2.53. The van der Waals surface area contributed by atoms with Crippen LogP contribution >= 0.6 is 15.9 Å². The lowest BCUT2D eigenvalue weighted by molar-refractivity contribution is 0.655. The Bertz CT molecular complexity index is 286. The van der Waals surface area contributed by atoms with Crippen molar-refractivity contribution >= 4 is 15.9 Å². The predicted octanol–water partition coefficient (Wildman–Crippen LogP) is 2.81. The molecule has 0 fully saturated rings. The van der Waals surface area contributed by atoms with Crippen molar-refractivity contribution in [2.45, 2.75) is 18.9 Å².